The number of benzene rings is 1. The van der Waals surface area contributed by atoms with E-state index in [9.17, 15) is 14.4 Å². The van der Waals surface area contributed by atoms with Gasteiger partial charge in [0.25, 0.3) is 0 Å². The number of nitrogens with one attached hydrogen (secondary N) is 1. The van der Waals surface area contributed by atoms with E-state index in [0.717, 1.165) is 41.6 Å². The maximum atomic E-state index is 13.9. The van der Waals surface area contributed by atoms with Gasteiger partial charge >= 0.3 is 0 Å². The molecule has 10 nitrogen and oxygen atoms in total. The number of Topliss-reactive ketones (excluding diaryl/α,β-unsaturated/α-hetero) is 2. The quantitative estimate of drug-likeness (QED) is 0.298. The van der Waals surface area contributed by atoms with Gasteiger partial charge in [-0.1, -0.05) is 12.2 Å². The Bertz CT molecular complexity index is 1550. The van der Waals surface area contributed by atoms with Crippen LogP contribution in [0.2, 0.25) is 6.32 Å². The molecule has 0 spiro atoms. The lowest BCUT2D eigenvalue weighted by Crippen LogP contribution is -2.44. The minimum Gasteiger partial charge on any atom is -0.377 e. The number of hydrogen-bond donors (Lipinski definition) is 1. The summed E-state index contributed by atoms with van der Waals surface area (Å²) in [5, 5.41) is 8.82. The van der Waals surface area contributed by atoms with E-state index in [1.807, 2.05) is 25.1 Å². The third kappa shape index (κ3) is 5.12. The number of aryl methyl sites for hydroxylation is 1. The molecule has 2 radical (unpaired) electrons. The highest BCUT2D eigenvalue weighted by molar-refractivity contribution is 6.21. The second kappa shape index (κ2) is 10.9. The first-order valence-corrected chi connectivity index (χ1v) is 14.1. The molecule has 11 heteroatoms. The predicted molar refractivity (Wildman–Crippen MR) is 153 cm³/mol. The third-order valence-electron chi connectivity index (χ3n) is 8.51. The Morgan fingerprint density at radius 3 is 2.73 bits per heavy atom. The number of ketones is 2. The van der Waals surface area contributed by atoms with Gasteiger partial charge in [0.1, 0.15) is 23.8 Å². The van der Waals surface area contributed by atoms with E-state index in [-0.39, 0.29) is 41.8 Å². The summed E-state index contributed by atoms with van der Waals surface area (Å²) in [5.74, 6) is 0.118. The van der Waals surface area contributed by atoms with Crippen LogP contribution in [0.4, 0.5) is 0 Å². The minimum atomic E-state index is -0.576. The van der Waals surface area contributed by atoms with Crippen molar-refractivity contribution in [3.63, 3.8) is 0 Å². The van der Waals surface area contributed by atoms with Crippen LogP contribution >= 0.6 is 0 Å². The average Bonchev–Trinajstić information content (AvgIpc) is 3.36. The first-order chi connectivity index (χ1) is 19.8. The van der Waals surface area contributed by atoms with E-state index >= 15 is 0 Å². The van der Waals surface area contributed by atoms with Gasteiger partial charge in [0.05, 0.1) is 32.6 Å². The van der Waals surface area contributed by atoms with Crippen molar-refractivity contribution in [2.45, 2.75) is 64.6 Å². The van der Waals surface area contributed by atoms with Gasteiger partial charge in [0.15, 0.2) is 5.78 Å². The zero-order chi connectivity index (χ0) is 28.7. The van der Waals surface area contributed by atoms with Crippen LogP contribution in [0.15, 0.2) is 36.7 Å². The van der Waals surface area contributed by atoms with Gasteiger partial charge in [-0.2, -0.15) is 5.10 Å². The Kier molecular flexibility index (Phi) is 7.33. The molecule has 210 valence electrons. The molecule has 2 fully saturated rings. The van der Waals surface area contributed by atoms with Gasteiger partial charge in [0.2, 0.25) is 5.91 Å². The maximum absolute atomic E-state index is 13.9. The topological polar surface area (TPSA) is 119 Å². The third-order valence-corrected chi connectivity index (χ3v) is 8.51. The van der Waals surface area contributed by atoms with Crippen LogP contribution in [-0.4, -0.2) is 81.8 Å². The molecule has 1 saturated carbocycles. The Balaban J connectivity index is 1.45. The van der Waals surface area contributed by atoms with Crippen molar-refractivity contribution >= 4 is 36.2 Å². The maximum Gasteiger partial charge on any atom is 0.245 e. The number of ether oxygens (including phenoxy) is 1. The molecule has 1 N–H and O–H groups in total. The van der Waals surface area contributed by atoms with E-state index in [1.54, 1.807) is 22.0 Å². The molecule has 1 saturated heterocycles. The van der Waals surface area contributed by atoms with Gasteiger partial charge in [0, 0.05) is 48.3 Å². The highest BCUT2D eigenvalue weighted by atomic mass is 16.5. The van der Waals surface area contributed by atoms with Gasteiger partial charge < -0.3 is 15.0 Å². The normalized spacial score (nSPS) is 25.5. The van der Waals surface area contributed by atoms with Crippen LogP contribution < -0.4 is 5.32 Å². The van der Waals surface area contributed by atoms with Crippen molar-refractivity contribution in [3.8, 4) is 11.1 Å². The van der Waals surface area contributed by atoms with Gasteiger partial charge in [-0.25, -0.2) is 9.97 Å². The largest absolute Gasteiger partial charge is 0.377 e. The van der Waals surface area contributed by atoms with Crippen molar-refractivity contribution < 1.29 is 19.1 Å². The number of carbonyl (C=O) groups excluding carboxylic acids is 3. The Hall–Kier alpha value is -3.70. The van der Waals surface area contributed by atoms with Crippen molar-refractivity contribution in [1.82, 2.24) is 30.0 Å². The SMILES string of the molecule is [B]CC(=O)[C@@H]1C[C@]23COC/C=C\CCNCc4cc(-c5cnc(C)nc5)cc5c(C(C)=O)nn(c45)CC(=O)N1[C@@H]2C3. The van der Waals surface area contributed by atoms with Crippen LogP contribution in [0, 0.1) is 12.3 Å². The number of carbonyl (C=O) groups is 3. The first kappa shape index (κ1) is 27.5. The highest BCUT2D eigenvalue weighted by Gasteiger charge is 2.66. The zero-order valence-corrected chi connectivity index (χ0v) is 23.4. The summed E-state index contributed by atoms with van der Waals surface area (Å²) in [6.07, 6.45) is 9.68. The van der Waals surface area contributed by atoms with E-state index < -0.39 is 6.04 Å². The predicted octanol–water partition coefficient (Wildman–Crippen LogP) is 2.59. The van der Waals surface area contributed by atoms with Crippen molar-refractivity contribution in [3.05, 3.63) is 53.8 Å². The molecule has 3 atom stereocenters. The number of nitrogens with zero attached hydrogens (tertiary/aromatic N) is 5. The fraction of sp³-hybridized carbons (Fsp3) is 0.467. The van der Waals surface area contributed by atoms with Crippen LogP contribution in [0.1, 0.15) is 48.1 Å². The number of hydrogen-bond acceptors (Lipinski definition) is 8. The summed E-state index contributed by atoms with van der Waals surface area (Å²) < 4.78 is 7.59. The standard InChI is InChI=1S/C30H33BN6O4/c1-18(38)28-23-9-20(22-14-33-19(2)34-15-22)8-21-13-32-6-4-3-5-7-41-17-30-10-24(25(39)12-31)37(26(30)11-30)27(40)16-36(35-28)29(21)23/h3,5,8-9,14-15,24,26,32H,4,6-7,10-13,16-17H2,1-2H3/b5-3-/t24-,26+,30-/m0/s1. The Morgan fingerprint density at radius 2 is 1.98 bits per heavy atom. The Labute approximate surface area is 240 Å². The van der Waals surface area contributed by atoms with Crippen molar-refractivity contribution in [2.24, 2.45) is 5.41 Å². The summed E-state index contributed by atoms with van der Waals surface area (Å²) in [5.41, 5.74) is 3.39. The summed E-state index contributed by atoms with van der Waals surface area (Å²) in [4.78, 5) is 50.0. The van der Waals surface area contributed by atoms with Crippen molar-refractivity contribution in [2.75, 3.05) is 19.8 Å². The summed E-state index contributed by atoms with van der Waals surface area (Å²) >= 11 is 0. The molecule has 1 aromatic carbocycles. The molecule has 4 heterocycles. The van der Waals surface area contributed by atoms with E-state index in [0.29, 0.717) is 43.1 Å². The summed E-state index contributed by atoms with van der Waals surface area (Å²) in [7, 11) is 5.75. The number of aromatic nitrogens is 4. The molecule has 3 aliphatic rings. The Morgan fingerprint density at radius 1 is 1.17 bits per heavy atom. The fourth-order valence-corrected chi connectivity index (χ4v) is 6.36. The number of piperidine rings is 1. The van der Waals surface area contributed by atoms with Gasteiger partial charge in [-0.15, -0.1) is 0 Å². The molecule has 2 bridgehead atoms. The summed E-state index contributed by atoms with van der Waals surface area (Å²) in [6, 6.07) is 3.31. The average molecular weight is 552 g/mol. The van der Waals surface area contributed by atoms with Crippen LogP contribution in [-0.2, 0) is 27.4 Å². The van der Waals surface area contributed by atoms with Crippen LogP contribution in [0.5, 0.6) is 0 Å². The monoisotopic (exact) mass is 552 g/mol. The molecule has 0 unspecified atom stereocenters. The fourth-order valence-electron chi connectivity index (χ4n) is 6.36. The molecular weight excluding hydrogens is 519 g/mol. The van der Waals surface area contributed by atoms with Crippen LogP contribution in [0.3, 0.4) is 0 Å². The second-order valence-electron chi connectivity index (χ2n) is 11.3. The molecule has 2 aromatic heterocycles. The minimum absolute atomic E-state index is 0.0708. The van der Waals surface area contributed by atoms with E-state index in [1.165, 1.54) is 6.92 Å². The number of amides is 1. The van der Waals surface area contributed by atoms with Crippen molar-refractivity contribution in [1.29, 1.82) is 0 Å². The lowest BCUT2D eigenvalue weighted by Gasteiger charge is -2.26. The number of rotatable bonds is 4. The molecule has 1 aliphatic carbocycles. The molecule has 41 heavy (non-hydrogen) atoms. The smallest absolute Gasteiger partial charge is 0.245 e. The van der Waals surface area contributed by atoms with Gasteiger partial charge in [-0.05, 0) is 62.3 Å². The van der Waals surface area contributed by atoms with Gasteiger partial charge in [-0.3, -0.25) is 19.1 Å². The zero-order valence-electron chi connectivity index (χ0n) is 23.4. The highest BCUT2D eigenvalue weighted by Crippen LogP contribution is 2.60. The molecular formula is C30H33BN6O4. The first-order valence-electron chi connectivity index (χ1n) is 14.1. The lowest BCUT2D eigenvalue weighted by molar-refractivity contribution is -0.138. The lowest BCUT2D eigenvalue weighted by atomic mass is 9.91. The van der Waals surface area contributed by atoms with E-state index in [2.05, 4.69) is 26.5 Å². The van der Waals surface area contributed by atoms with Crippen LogP contribution in [0.25, 0.3) is 22.0 Å². The summed E-state index contributed by atoms with van der Waals surface area (Å²) in [6.45, 7) is 5.44. The molecule has 6 rings (SSSR count). The van der Waals surface area contributed by atoms with E-state index in [4.69, 9.17) is 12.6 Å². The molecule has 3 aromatic rings. The second-order valence-corrected chi connectivity index (χ2v) is 11.3. The molecule has 2 aliphatic heterocycles. The molecule has 1 amide bonds.